The lowest BCUT2D eigenvalue weighted by Gasteiger charge is -2.10. The minimum Gasteiger partial charge on any atom is -0.298 e. The molecule has 2 rings (SSSR count). The second kappa shape index (κ2) is 8.72. The van der Waals surface area contributed by atoms with Gasteiger partial charge in [-0.25, -0.2) is 0 Å². The quantitative estimate of drug-likeness (QED) is 0.363. The lowest BCUT2D eigenvalue weighted by atomic mass is 10.2. The van der Waals surface area contributed by atoms with Crippen LogP contribution in [0.25, 0.3) is 0 Å². The van der Waals surface area contributed by atoms with E-state index in [9.17, 15) is 9.59 Å². The van der Waals surface area contributed by atoms with Crippen molar-refractivity contribution in [3.8, 4) is 0 Å². The smallest absolute Gasteiger partial charge is 0.152 e. The summed E-state index contributed by atoms with van der Waals surface area (Å²) in [5.74, 6) is 0. The van der Waals surface area contributed by atoms with Crippen LogP contribution >= 0.6 is 45.1 Å². The van der Waals surface area contributed by atoms with Crippen LogP contribution in [-0.4, -0.2) is 25.1 Å². The Morgan fingerprint density at radius 2 is 1.05 bits per heavy atom. The van der Waals surface area contributed by atoms with Gasteiger partial charge in [-0.3, -0.25) is 9.59 Å². The maximum atomic E-state index is 11.3. The molecular formula is C16H14O2S4. The standard InChI is InChI=1S/C16H14O2S4/c1-19-13-5-3-7-15(11(13)9-17)21-22-16-8-4-6-14(20-2)12(16)10-18/h3-10H,1-2H3. The summed E-state index contributed by atoms with van der Waals surface area (Å²) >= 11 is 3.11. The molecule has 0 aromatic heterocycles. The first kappa shape index (κ1) is 17.5. The predicted molar refractivity (Wildman–Crippen MR) is 98.9 cm³/mol. The Labute approximate surface area is 146 Å². The zero-order valence-corrected chi connectivity index (χ0v) is 15.3. The van der Waals surface area contributed by atoms with Gasteiger partial charge in [0.25, 0.3) is 0 Å². The van der Waals surface area contributed by atoms with Crippen molar-refractivity contribution in [1.82, 2.24) is 0 Å². The monoisotopic (exact) mass is 366 g/mol. The van der Waals surface area contributed by atoms with Crippen LogP contribution in [0.4, 0.5) is 0 Å². The number of carbonyl (C=O) groups is 2. The number of aldehydes is 2. The molecule has 22 heavy (non-hydrogen) atoms. The molecule has 0 bridgehead atoms. The number of benzene rings is 2. The molecule has 6 heteroatoms. The average molecular weight is 367 g/mol. The maximum absolute atomic E-state index is 11.3. The fraction of sp³-hybridized carbons (Fsp3) is 0.125. The van der Waals surface area contributed by atoms with E-state index in [2.05, 4.69) is 0 Å². The molecule has 0 aliphatic carbocycles. The van der Waals surface area contributed by atoms with Crippen LogP contribution in [0.1, 0.15) is 20.7 Å². The summed E-state index contributed by atoms with van der Waals surface area (Å²) in [4.78, 5) is 26.5. The third-order valence-corrected chi connectivity index (χ3v) is 7.02. The Bertz CT molecular complexity index is 626. The molecular weight excluding hydrogens is 352 g/mol. The highest BCUT2D eigenvalue weighted by Crippen LogP contribution is 2.42. The van der Waals surface area contributed by atoms with Crippen LogP contribution in [0, 0.1) is 0 Å². The van der Waals surface area contributed by atoms with Gasteiger partial charge in [0, 0.05) is 30.7 Å². The van der Waals surface area contributed by atoms with Gasteiger partial charge < -0.3 is 0 Å². The maximum Gasteiger partial charge on any atom is 0.152 e. The first-order valence-electron chi connectivity index (χ1n) is 6.34. The van der Waals surface area contributed by atoms with Crippen molar-refractivity contribution in [2.45, 2.75) is 19.6 Å². The Morgan fingerprint density at radius 1 is 0.682 bits per heavy atom. The van der Waals surface area contributed by atoms with Crippen LogP contribution in [0.15, 0.2) is 56.0 Å². The second-order valence-electron chi connectivity index (χ2n) is 4.15. The fourth-order valence-corrected chi connectivity index (χ4v) is 5.54. The van der Waals surface area contributed by atoms with Crippen LogP contribution in [0.2, 0.25) is 0 Å². The minimum absolute atomic E-state index is 0.709. The zero-order valence-electron chi connectivity index (χ0n) is 12.1. The zero-order chi connectivity index (χ0) is 15.9. The van der Waals surface area contributed by atoms with E-state index in [1.165, 1.54) is 21.6 Å². The molecule has 0 amide bonds. The minimum atomic E-state index is 0.709. The van der Waals surface area contributed by atoms with Gasteiger partial charge in [0.2, 0.25) is 0 Å². The summed E-state index contributed by atoms with van der Waals surface area (Å²) in [5.41, 5.74) is 1.42. The molecule has 0 atom stereocenters. The molecule has 2 nitrogen and oxygen atoms in total. The molecule has 0 saturated heterocycles. The normalized spacial score (nSPS) is 10.5. The fourth-order valence-electron chi connectivity index (χ4n) is 1.87. The van der Waals surface area contributed by atoms with Gasteiger partial charge >= 0.3 is 0 Å². The summed E-state index contributed by atoms with van der Waals surface area (Å²) in [5, 5.41) is 0. The molecule has 0 N–H and O–H groups in total. The molecule has 0 fully saturated rings. The Kier molecular flexibility index (Phi) is 6.95. The largest absolute Gasteiger partial charge is 0.298 e. The van der Waals surface area contributed by atoms with Crippen molar-refractivity contribution in [2.75, 3.05) is 12.5 Å². The lowest BCUT2D eigenvalue weighted by molar-refractivity contribution is 0.111. The van der Waals surface area contributed by atoms with Gasteiger partial charge in [-0.2, -0.15) is 0 Å². The molecule has 0 radical (unpaired) electrons. The first-order valence-corrected chi connectivity index (χ1v) is 10.9. The van der Waals surface area contributed by atoms with Crippen molar-refractivity contribution in [2.24, 2.45) is 0 Å². The summed E-state index contributed by atoms with van der Waals surface area (Å²) < 4.78 is 0. The Balaban J connectivity index is 2.28. The average Bonchev–Trinajstić information content (AvgIpc) is 2.58. The van der Waals surface area contributed by atoms with Gasteiger partial charge in [0.1, 0.15) is 0 Å². The molecule has 0 aliphatic heterocycles. The van der Waals surface area contributed by atoms with E-state index in [1.54, 1.807) is 23.5 Å². The van der Waals surface area contributed by atoms with Crippen molar-refractivity contribution in [3.05, 3.63) is 47.5 Å². The van der Waals surface area contributed by atoms with Crippen molar-refractivity contribution < 1.29 is 9.59 Å². The number of carbonyl (C=O) groups excluding carboxylic acids is 2. The number of rotatable bonds is 7. The van der Waals surface area contributed by atoms with Crippen molar-refractivity contribution in [3.63, 3.8) is 0 Å². The molecule has 2 aromatic rings. The van der Waals surface area contributed by atoms with E-state index < -0.39 is 0 Å². The van der Waals surface area contributed by atoms with Gasteiger partial charge in [-0.1, -0.05) is 33.7 Å². The summed E-state index contributed by atoms with van der Waals surface area (Å²) in [6.45, 7) is 0. The number of thioether (sulfide) groups is 2. The van der Waals surface area contributed by atoms with Crippen LogP contribution in [-0.2, 0) is 0 Å². The number of hydrogen-bond acceptors (Lipinski definition) is 6. The molecule has 0 heterocycles. The summed E-state index contributed by atoms with van der Waals surface area (Å²) in [6, 6.07) is 11.6. The highest BCUT2D eigenvalue weighted by molar-refractivity contribution is 8.76. The molecule has 2 aromatic carbocycles. The van der Waals surface area contributed by atoms with E-state index in [-0.39, 0.29) is 0 Å². The van der Waals surface area contributed by atoms with Crippen LogP contribution < -0.4 is 0 Å². The molecule has 114 valence electrons. The van der Waals surface area contributed by atoms with E-state index in [0.29, 0.717) is 11.1 Å². The van der Waals surface area contributed by atoms with E-state index in [0.717, 1.165) is 32.2 Å². The third kappa shape index (κ3) is 3.93. The Hall–Kier alpha value is -0.820. The molecule has 0 spiro atoms. The first-order chi connectivity index (χ1) is 10.7. The van der Waals surface area contributed by atoms with Gasteiger partial charge in [0.05, 0.1) is 0 Å². The third-order valence-electron chi connectivity index (χ3n) is 2.95. The van der Waals surface area contributed by atoms with Gasteiger partial charge in [-0.05, 0) is 36.8 Å². The van der Waals surface area contributed by atoms with E-state index >= 15 is 0 Å². The van der Waals surface area contributed by atoms with Gasteiger partial charge in [-0.15, -0.1) is 23.5 Å². The van der Waals surface area contributed by atoms with Crippen LogP contribution in [0.5, 0.6) is 0 Å². The number of hydrogen-bond donors (Lipinski definition) is 0. The summed E-state index contributed by atoms with van der Waals surface area (Å²) in [7, 11) is 3.01. The van der Waals surface area contributed by atoms with Gasteiger partial charge in [0.15, 0.2) is 12.6 Å². The second-order valence-corrected chi connectivity index (χ2v) is 8.06. The SMILES string of the molecule is CSc1cccc(SSc2cccc(SC)c2C=O)c1C=O. The van der Waals surface area contributed by atoms with E-state index in [4.69, 9.17) is 0 Å². The highest BCUT2D eigenvalue weighted by Gasteiger charge is 2.11. The van der Waals surface area contributed by atoms with Crippen LogP contribution in [0.3, 0.4) is 0 Å². The van der Waals surface area contributed by atoms with E-state index in [1.807, 2.05) is 48.9 Å². The molecule has 0 saturated carbocycles. The topological polar surface area (TPSA) is 34.1 Å². The molecule has 0 aliphatic rings. The lowest BCUT2D eigenvalue weighted by Crippen LogP contribution is -1.89. The van der Waals surface area contributed by atoms with Crippen molar-refractivity contribution >= 4 is 57.7 Å². The highest BCUT2D eigenvalue weighted by atomic mass is 33.1. The predicted octanol–water partition coefficient (Wildman–Crippen LogP) is 5.55. The molecule has 0 unspecified atom stereocenters. The van der Waals surface area contributed by atoms with Crippen molar-refractivity contribution in [1.29, 1.82) is 0 Å². The summed E-state index contributed by atoms with van der Waals surface area (Å²) in [6.07, 6.45) is 5.70. The Morgan fingerprint density at radius 3 is 1.36 bits per heavy atom.